The maximum absolute atomic E-state index is 12.4. The number of nitrogens with one attached hydrogen (secondary N) is 2. The summed E-state index contributed by atoms with van der Waals surface area (Å²) in [5, 5.41) is 8.18. The van der Waals surface area contributed by atoms with E-state index in [-0.39, 0.29) is 5.91 Å². The molecule has 0 fully saturated rings. The Morgan fingerprint density at radius 2 is 2.20 bits per heavy atom. The fraction of sp³-hybridized carbons (Fsp3) is 0.200. The van der Waals surface area contributed by atoms with Gasteiger partial charge in [0.05, 0.1) is 16.9 Å². The molecule has 0 atom stereocenters. The molecular formula is C15H16N4O. The number of aromatic amines is 1. The Balaban J connectivity index is 1.93. The third-order valence-corrected chi connectivity index (χ3v) is 3.32. The van der Waals surface area contributed by atoms with Gasteiger partial charge >= 0.3 is 0 Å². The van der Waals surface area contributed by atoms with E-state index < -0.39 is 0 Å². The number of hydrogen-bond acceptors (Lipinski definition) is 2. The van der Waals surface area contributed by atoms with Gasteiger partial charge in [0.1, 0.15) is 0 Å². The standard InChI is InChI=1S/C15H16N4O/c1-3-12-14(9-19(2)18-12)17-15(20)11-8-16-13-7-5-4-6-10(11)13/h4-9,16H,3H2,1-2H3,(H,17,20). The zero-order chi connectivity index (χ0) is 14.1. The van der Waals surface area contributed by atoms with Crippen LogP contribution in [0.4, 0.5) is 5.69 Å². The van der Waals surface area contributed by atoms with E-state index in [1.54, 1.807) is 10.9 Å². The van der Waals surface area contributed by atoms with E-state index in [0.717, 1.165) is 28.7 Å². The molecular weight excluding hydrogens is 252 g/mol. The first kappa shape index (κ1) is 12.5. The number of hydrogen-bond donors (Lipinski definition) is 2. The predicted molar refractivity (Wildman–Crippen MR) is 78.8 cm³/mol. The van der Waals surface area contributed by atoms with Gasteiger partial charge in [0.2, 0.25) is 0 Å². The molecule has 0 radical (unpaired) electrons. The first-order chi connectivity index (χ1) is 9.69. The van der Waals surface area contributed by atoms with Crippen molar-refractivity contribution in [2.24, 2.45) is 7.05 Å². The normalized spacial score (nSPS) is 10.9. The van der Waals surface area contributed by atoms with E-state index in [2.05, 4.69) is 15.4 Å². The van der Waals surface area contributed by atoms with Crippen LogP contribution >= 0.6 is 0 Å². The van der Waals surface area contributed by atoms with E-state index in [4.69, 9.17) is 0 Å². The van der Waals surface area contributed by atoms with Crippen molar-refractivity contribution in [2.45, 2.75) is 13.3 Å². The zero-order valence-corrected chi connectivity index (χ0v) is 11.5. The minimum Gasteiger partial charge on any atom is -0.360 e. The van der Waals surface area contributed by atoms with Gasteiger partial charge in [-0.2, -0.15) is 5.10 Å². The largest absolute Gasteiger partial charge is 0.360 e. The Kier molecular flexibility index (Phi) is 3.02. The summed E-state index contributed by atoms with van der Waals surface area (Å²) in [7, 11) is 1.85. The molecule has 1 aromatic carbocycles. The number of rotatable bonds is 3. The number of carbonyl (C=O) groups excluding carboxylic acids is 1. The molecule has 2 N–H and O–H groups in total. The van der Waals surface area contributed by atoms with Crippen molar-refractivity contribution in [3.63, 3.8) is 0 Å². The average molecular weight is 268 g/mol. The molecule has 0 bridgehead atoms. The Morgan fingerprint density at radius 3 is 3.00 bits per heavy atom. The van der Waals surface area contributed by atoms with E-state index >= 15 is 0 Å². The lowest BCUT2D eigenvalue weighted by molar-refractivity contribution is 0.102. The minimum atomic E-state index is -0.120. The van der Waals surface area contributed by atoms with E-state index in [0.29, 0.717) is 5.56 Å². The Labute approximate surface area is 116 Å². The van der Waals surface area contributed by atoms with Gasteiger partial charge in [-0.1, -0.05) is 25.1 Å². The monoisotopic (exact) mass is 268 g/mol. The van der Waals surface area contributed by atoms with Gasteiger partial charge in [0.15, 0.2) is 0 Å². The average Bonchev–Trinajstić information content (AvgIpc) is 3.02. The number of benzene rings is 1. The number of anilines is 1. The first-order valence-electron chi connectivity index (χ1n) is 6.59. The second-order valence-electron chi connectivity index (χ2n) is 4.72. The van der Waals surface area contributed by atoms with E-state index in [1.165, 1.54) is 0 Å². The summed E-state index contributed by atoms with van der Waals surface area (Å²) in [4.78, 5) is 15.5. The molecule has 0 unspecified atom stereocenters. The van der Waals surface area contributed by atoms with Crippen molar-refractivity contribution in [2.75, 3.05) is 5.32 Å². The van der Waals surface area contributed by atoms with Gasteiger partial charge in [-0.3, -0.25) is 9.48 Å². The number of aryl methyl sites for hydroxylation is 2. The molecule has 0 aliphatic rings. The summed E-state index contributed by atoms with van der Waals surface area (Å²) in [6, 6.07) is 7.75. The van der Waals surface area contributed by atoms with Crippen LogP contribution < -0.4 is 5.32 Å². The highest BCUT2D eigenvalue weighted by Crippen LogP contribution is 2.20. The van der Waals surface area contributed by atoms with Crippen molar-refractivity contribution in [3.8, 4) is 0 Å². The Bertz CT molecular complexity index is 769. The third kappa shape index (κ3) is 2.07. The number of fused-ring (bicyclic) bond motifs is 1. The van der Waals surface area contributed by atoms with Crippen LogP contribution in [0.3, 0.4) is 0 Å². The molecule has 3 aromatic rings. The fourth-order valence-electron chi connectivity index (χ4n) is 2.35. The van der Waals surface area contributed by atoms with Crippen LogP contribution in [0.15, 0.2) is 36.7 Å². The smallest absolute Gasteiger partial charge is 0.257 e. The Hall–Kier alpha value is -2.56. The minimum absolute atomic E-state index is 0.120. The number of para-hydroxylation sites is 1. The molecule has 5 heteroatoms. The molecule has 0 spiro atoms. The lowest BCUT2D eigenvalue weighted by atomic mass is 10.1. The van der Waals surface area contributed by atoms with Crippen LogP contribution in [0.1, 0.15) is 23.0 Å². The summed E-state index contributed by atoms with van der Waals surface area (Å²) in [6.45, 7) is 2.02. The van der Waals surface area contributed by atoms with Crippen molar-refractivity contribution in [1.82, 2.24) is 14.8 Å². The van der Waals surface area contributed by atoms with Crippen LogP contribution in [0.25, 0.3) is 10.9 Å². The highest BCUT2D eigenvalue weighted by molar-refractivity contribution is 6.12. The predicted octanol–water partition coefficient (Wildman–Crippen LogP) is 2.72. The third-order valence-electron chi connectivity index (χ3n) is 3.32. The molecule has 20 heavy (non-hydrogen) atoms. The number of nitrogens with zero attached hydrogens (tertiary/aromatic N) is 2. The van der Waals surface area contributed by atoms with Crippen LogP contribution in [-0.4, -0.2) is 20.7 Å². The zero-order valence-electron chi connectivity index (χ0n) is 11.5. The molecule has 102 valence electrons. The van der Waals surface area contributed by atoms with Crippen molar-refractivity contribution in [3.05, 3.63) is 47.9 Å². The second-order valence-corrected chi connectivity index (χ2v) is 4.72. The maximum Gasteiger partial charge on any atom is 0.257 e. The molecule has 0 aliphatic carbocycles. The van der Waals surface area contributed by atoms with Crippen molar-refractivity contribution in [1.29, 1.82) is 0 Å². The number of amides is 1. The number of H-pyrrole nitrogens is 1. The van der Waals surface area contributed by atoms with Gasteiger partial charge in [-0.05, 0) is 12.5 Å². The highest BCUT2D eigenvalue weighted by Gasteiger charge is 2.14. The fourth-order valence-corrected chi connectivity index (χ4v) is 2.35. The maximum atomic E-state index is 12.4. The molecule has 0 aliphatic heterocycles. The van der Waals surface area contributed by atoms with E-state index in [9.17, 15) is 4.79 Å². The van der Waals surface area contributed by atoms with Gasteiger partial charge in [0.25, 0.3) is 5.91 Å². The van der Waals surface area contributed by atoms with Crippen LogP contribution in [-0.2, 0) is 13.5 Å². The number of aromatic nitrogens is 3. The molecule has 5 nitrogen and oxygen atoms in total. The lowest BCUT2D eigenvalue weighted by Crippen LogP contribution is -2.12. The molecule has 2 aromatic heterocycles. The Morgan fingerprint density at radius 1 is 1.40 bits per heavy atom. The summed E-state index contributed by atoms with van der Waals surface area (Å²) in [5.41, 5.74) is 3.26. The second kappa shape index (κ2) is 4.85. The van der Waals surface area contributed by atoms with Crippen LogP contribution in [0.5, 0.6) is 0 Å². The molecule has 3 rings (SSSR count). The van der Waals surface area contributed by atoms with Crippen molar-refractivity contribution >= 4 is 22.5 Å². The highest BCUT2D eigenvalue weighted by atomic mass is 16.1. The first-order valence-corrected chi connectivity index (χ1v) is 6.59. The van der Waals surface area contributed by atoms with Gasteiger partial charge in [-0.25, -0.2) is 0 Å². The van der Waals surface area contributed by atoms with E-state index in [1.807, 2.05) is 44.4 Å². The van der Waals surface area contributed by atoms with Crippen molar-refractivity contribution < 1.29 is 4.79 Å². The summed E-state index contributed by atoms with van der Waals surface area (Å²) >= 11 is 0. The van der Waals surface area contributed by atoms with Crippen LogP contribution in [0.2, 0.25) is 0 Å². The molecule has 2 heterocycles. The van der Waals surface area contributed by atoms with Gasteiger partial charge < -0.3 is 10.3 Å². The molecule has 0 saturated carbocycles. The lowest BCUT2D eigenvalue weighted by Gasteiger charge is -2.03. The van der Waals surface area contributed by atoms with Gasteiger partial charge in [0, 0.05) is 30.3 Å². The molecule has 1 amide bonds. The van der Waals surface area contributed by atoms with Gasteiger partial charge in [-0.15, -0.1) is 0 Å². The summed E-state index contributed by atoms with van der Waals surface area (Å²) in [5.74, 6) is -0.120. The van der Waals surface area contributed by atoms with Crippen LogP contribution in [0, 0.1) is 0 Å². The summed E-state index contributed by atoms with van der Waals surface area (Å²) < 4.78 is 1.71. The quantitative estimate of drug-likeness (QED) is 0.767. The number of carbonyl (C=O) groups is 1. The molecule has 0 saturated heterocycles. The SMILES string of the molecule is CCc1nn(C)cc1NC(=O)c1c[nH]c2ccccc12. The summed E-state index contributed by atoms with van der Waals surface area (Å²) in [6.07, 6.45) is 4.35. The topological polar surface area (TPSA) is 62.7 Å².